The summed E-state index contributed by atoms with van der Waals surface area (Å²) in [6, 6.07) is 2.63. The minimum absolute atomic E-state index is 0.555. The zero-order valence-corrected chi connectivity index (χ0v) is 10.8. The molecule has 0 aliphatic rings. The van der Waals surface area contributed by atoms with Crippen molar-refractivity contribution in [3.8, 4) is 0 Å². The lowest BCUT2D eigenvalue weighted by Crippen LogP contribution is -2.31. The zero-order valence-electron chi connectivity index (χ0n) is 9.26. The fourth-order valence-electron chi connectivity index (χ4n) is 1.23. The summed E-state index contributed by atoms with van der Waals surface area (Å²) in [5.74, 6) is 0. The van der Waals surface area contributed by atoms with Crippen molar-refractivity contribution < 1.29 is 0 Å². The molecule has 0 saturated carbocycles. The topological polar surface area (TPSA) is 37.0 Å². The van der Waals surface area contributed by atoms with Gasteiger partial charge in [0.05, 0.1) is 0 Å². The number of pyridine rings is 1. The predicted molar refractivity (Wildman–Crippen MR) is 66.8 cm³/mol. The molecule has 0 unspecified atom stereocenters. The van der Waals surface area contributed by atoms with Crippen molar-refractivity contribution in [2.75, 3.05) is 13.1 Å². The van der Waals surface area contributed by atoms with Crippen LogP contribution in [-0.2, 0) is 6.54 Å². The minimum Gasteiger partial charge on any atom is -0.313 e. The average Bonchev–Trinajstić information content (AvgIpc) is 2.17. The summed E-state index contributed by atoms with van der Waals surface area (Å²) in [6.45, 7) is 7.15. The molecule has 2 N–H and O–H groups in total. The van der Waals surface area contributed by atoms with Crippen molar-refractivity contribution in [3.63, 3.8) is 0 Å². The quantitative estimate of drug-likeness (QED) is 0.777. The van der Waals surface area contributed by atoms with E-state index in [0.29, 0.717) is 6.04 Å². The lowest BCUT2D eigenvalue weighted by molar-refractivity contribution is 0.555. The highest BCUT2D eigenvalue weighted by Crippen LogP contribution is 2.08. The van der Waals surface area contributed by atoms with Crippen LogP contribution in [0, 0.1) is 0 Å². The van der Waals surface area contributed by atoms with E-state index in [2.05, 4.69) is 51.5 Å². The average molecular weight is 272 g/mol. The number of aromatic nitrogens is 1. The van der Waals surface area contributed by atoms with Gasteiger partial charge in [-0.05, 0) is 27.6 Å². The highest BCUT2D eigenvalue weighted by atomic mass is 79.9. The van der Waals surface area contributed by atoms with Gasteiger partial charge in [0.25, 0.3) is 0 Å². The molecule has 0 saturated heterocycles. The maximum atomic E-state index is 4.11. The second kappa shape index (κ2) is 6.93. The second-order valence-electron chi connectivity index (χ2n) is 3.80. The Morgan fingerprint density at radius 1 is 1.33 bits per heavy atom. The van der Waals surface area contributed by atoms with Crippen LogP contribution in [0.3, 0.4) is 0 Å². The standard InChI is InChI=1S/C11H18BrN3/c1-9(2)15-4-3-13-6-10-5-11(12)8-14-7-10/h5,7-9,13,15H,3-4,6H2,1-2H3. The normalized spacial score (nSPS) is 10.9. The molecule has 0 fully saturated rings. The maximum absolute atomic E-state index is 4.11. The Kier molecular flexibility index (Phi) is 5.83. The molecule has 4 heteroatoms. The third kappa shape index (κ3) is 5.87. The Hall–Kier alpha value is -0.450. The van der Waals surface area contributed by atoms with E-state index in [1.165, 1.54) is 5.56 Å². The first-order valence-electron chi connectivity index (χ1n) is 5.22. The van der Waals surface area contributed by atoms with E-state index in [1.807, 2.05) is 6.20 Å². The number of hydrogen-bond donors (Lipinski definition) is 2. The maximum Gasteiger partial charge on any atom is 0.0410 e. The molecule has 15 heavy (non-hydrogen) atoms. The molecular formula is C11H18BrN3. The Balaban J connectivity index is 2.15. The Labute approximate surface area is 99.8 Å². The molecule has 1 aromatic heterocycles. The summed E-state index contributed by atoms with van der Waals surface area (Å²) >= 11 is 3.40. The van der Waals surface area contributed by atoms with Gasteiger partial charge in [0, 0.05) is 42.5 Å². The first-order chi connectivity index (χ1) is 7.18. The summed E-state index contributed by atoms with van der Waals surface area (Å²) < 4.78 is 1.03. The van der Waals surface area contributed by atoms with E-state index in [1.54, 1.807) is 6.20 Å². The van der Waals surface area contributed by atoms with Crippen LogP contribution in [0.5, 0.6) is 0 Å². The molecule has 0 atom stereocenters. The van der Waals surface area contributed by atoms with E-state index in [-0.39, 0.29) is 0 Å². The molecule has 0 aromatic carbocycles. The van der Waals surface area contributed by atoms with E-state index in [4.69, 9.17) is 0 Å². The predicted octanol–water partition coefficient (Wildman–Crippen LogP) is 1.93. The lowest BCUT2D eigenvalue weighted by Gasteiger charge is -2.08. The summed E-state index contributed by atoms with van der Waals surface area (Å²) in [5, 5.41) is 6.72. The third-order valence-corrected chi connectivity index (χ3v) is 2.38. The molecule has 0 bridgehead atoms. The fraction of sp³-hybridized carbons (Fsp3) is 0.545. The van der Waals surface area contributed by atoms with Crippen LogP contribution in [0.25, 0.3) is 0 Å². The summed E-state index contributed by atoms with van der Waals surface area (Å²) in [6.07, 6.45) is 3.68. The highest BCUT2D eigenvalue weighted by molar-refractivity contribution is 9.10. The molecule has 1 heterocycles. The zero-order chi connectivity index (χ0) is 11.1. The molecule has 3 nitrogen and oxygen atoms in total. The largest absolute Gasteiger partial charge is 0.313 e. The first kappa shape index (κ1) is 12.6. The smallest absolute Gasteiger partial charge is 0.0410 e. The van der Waals surface area contributed by atoms with E-state index in [0.717, 1.165) is 24.1 Å². The molecule has 0 spiro atoms. The van der Waals surface area contributed by atoms with Crippen LogP contribution in [-0.4, -0.2) is 24.1 Å². The molecule has 1 aromatic rings. The van der Waals surface area contributed by atoms with Crippen LogP contribution < -0.4 is 10.6 Å². The summed E-state index contributed by atoms with van der Waals surface area (Å²) in [5.41, 5.74) is 1.20. The summed E-state index contributed by atoms with van der Waals surface area (Å²) in [7, 11) is 0. The van der Waals surface area contributed by atoms with Gasteiger partial charge in [-0.25, -0.2) is 0 Å². The van der Waals surface area contributed by atoms with Crippen molar-refractivity contribution in [1.82, 2.24) is 15.6 Å². The van der Waals surface area contributed by atoms with Crippen molar-refractivity contribution in [1.29, 1.82) is 0 Å². The molecule has 0 aliphatic heterocycles. The number of halogens is 1. The first-order valence-corrected chi connectivity index (χ1v) is 6.01. The summed E-state index contributed by atoms with van der Waals surface area (Å²) in [4.78, 5) is 4.11. The monoisotopic (exact) mass is 271 g/mol. The van der Waals surface area contributed by atoms with Crippen molar-refractivity contribution >= 4 is 15.9 Å². The number of nitrogens with zero attached hydrogens (tertiary/aromatic N) is 1. The second-order valence-corrected chi connectivity index (χ2v) is 4.71. The molecule has 0 amide bonds. The van der Waals surface area contributed by atoms with Gasteiger partial charge in [0.1, 0.15) is 0 Å². The van der Waals surface area contributed by atoms with Gasteiger partial charge in [-0.1, -0.05) is 13.8 Å². The molecule has 0 radical (unpaired) electrons. The molecule has 0 aliphatic carbocycles. The Morgan fingerprint density at radius 3 is 2.80 bits per heavy atom. The number of rotatable bonds is 6. The SMILES string of the molecule is CC(C)NCCNCc1cncc(Br)c1. The van der Waals surface area contributed by atoms with Crippen LogP contribution >= 0.6 is 15.9 Å². The van der Waals surface area contributed by atoms with Crippen LogP contribution in [0.4, 0.5) is 0 Å². The lowest BCUT2D eigenvalue weighted by atomic mass is 10.3. The minimum atomic E-state index is 0.555. The van der Waals surface area contributed by atoms with Gasteiger partial charge >= 0.3 is 0 Å². The van der Waals surface area contributed by atoms with E-state index in [9.17, 15) is 0 Å². The van der Waals surface area contributed by atoms with Crippen molar-refractivity contribution in [2.45, 2.75) is 26.4 Å². The Morgan fingerprint density at radius 2 is 2.13 bits per heavy atom. The van der Waals surface area contributed by atoms with Crippen LogP contribution in [0.15, 0.2) is 22.9 Å². The van der Waals surface area contributed by atoms with Crippen LogP contribution in [0.2, 0.25) is 0 Å². The van der Waals surface area contributed by atoms with Crippen molar-refractivity contribution in [3.05, 3.63) is 28.5 Å². The number of hydrogen-bond acceptors (Lipinski definition) is 3. The van der Waals surface area contributed by atoms with Gasteiger partial charge in [-0.2, -0.15) is 0 Å². The van der Waals surface area contributed by atoms with Gasteiger partial charge in [0.2, 0.25) is 0 Å². The van der Waals surface area contributed by atoms with E-state index < -0.39 is 0 Å². The van der Waals surface area contributed by atoms with Gasteiger partial charge in [-0.3, -0.25) is 4.98 Å². The van der Waals surface area contributed by atoms with Crippen molar-refractivity contribution in [2.24, 2.45) is 0 Å². The highest BCUT2D eigenvalue weighted by Gasteiger charge is 1.95. The number of nitrogens with one attached hydrogen (secondary N) is 2. The fourth-order valence-corrected chi connectivity index (χ4v) is 1.65. The van der Waals surface area contributed by atoms with Gasteiger partial charge in [0.15, 0.2) is 0 Å². The molecule has 1 rings (SSSR count). The van der Waals surface area contributed by atoms with Gasteiger partial charge < -0.3 is 10.6 Å². The Bertz CT molecular complexity index is 289. The van der Waals surface area contributed by atoms with E-state index >= 15 is 0 Å². The van der Waals surface area contributed by atoms with Crippen LogP contribution in [0.1, 0.15) is 19.4 Å². The third-order valence-electron chi connectivity index (χ3n) is 1.94. The molecule has 84 valence electrons. The molecular weight excluding hydrogens is 254 g/mol. The van der Waals surface area contributed by atoms with Gasteiger partial charge in [-0.15, -0.1) is 0 Å².